The molecule has 3 rings (SSSR count). The second-order valence-electron chi connectivity index (χ2n) is 8.08. The Labute approximate surface area is 165 Å². The van der Waals surface area contributed by atoms with Gasteiger partial charge in [-0.1, -0.05) is 6.07 Å². The molecule has 146 valence electrons. The van der Waals surface area contributed by atoms with Crippen molar-refractivity contribution < 1.29 is 24.2 Å². The van der Waals surface area contributed by atoms with Crippen molar-refractivity contribution in [3.63, 3.8) is 0 Å². The number of aryl methyl sites for hydroxylation is 1. The predicted octanol–water partition coefficient (Wildman–Crippen LogP) is 2.94. The van der Waals surface area contributed by atoms with Gasteiger partial charge in [0.2, 0.25) is 5.91 Å². The first-order chi connectivity index (χ1) is 12.4. The number of nitrogens with zero attached hydrogens (tertiary/aromatic N) is 2. The normalized spacial score (nSPS) is 26.3. The third kappa shape index (κ3) is 3.65. The van der Waals surface area contributed by atoms with Crippen LogP contribution in [-0.4, -0.2) is 50.6 Å². The van der Waals surface area contributed by atoms with E-state index in [2.05, 4.69) is 26.2 Å². The Morgan fingerprint density at radius 3 is 2.59 bits per heavy atom. The molecule has 1 saturated heterocycles. The molecule has 27 heavy (non-hydrogen) atoms. The number of carboxylic acid groups (broad SMARTS) is 1. The Balaban J connectivity index is 1.85. The second-order valence-corrected chi connectivity index (χ2v) is 8.89. The SMILES string of the molecule is Cc1ccc(Br)nc1NC(=O)[C@@H]1C[C@@]2(C(=O)O)C[C@H]2N1C(=O)OC(C)(C)C. The van der Waals surface area contributed by atoms with Crippen LogP contribution in [0.25, 0.3) is 0 Å². The highest BCUT2D eigenvalue weighted by Gasteiger charge is 2.72. The number of ether oxygens (including phenoxy) is 1. The number of carbonyl (C=O) groups is 3. The van der Waals surface area contributed by atoms with E-state index in [4.69, 9.17) is 4.74 Å². The van der Waals surface area contributed by atoms with Crippen LogP contribution in [-0.2, 0) is 14.3 Å². The van der Waals surface area contributed by atoms with Crippen molar-refractivity contribution in [2.75, 3.05) is 5.32 Å². The fourth-order valence-corrected chi connectivity index (χ4v) is 3.78. The Bertz CT molecular complexity index is 822. The van der Waals surface area contributed by atoms with Crippen LogP contribution in [0.5, 0.6) is 0 Å². The summed E-state index contributed by atoms with van der Waals surface area (Å²) in [6.07, 6.45) is -0.280. The van der Waals surface area contributed by atoms with Crippen LogP contribution in [0, 0.1) is 12.3 Å². The summed E-state index contributed by atoms with van der Waals surface area (Å²) in [5.74, 6) is -1.10. The largest absolute Gasteiger partial charge is 0.481 e. The van der Waals surface area contributed by atoms with Gasteiger partial charge in [-0.2, -0.15) is 0 Å². The number of aromatic nitrogens is 1. The third-order valence-electron chi connectivity index (χ3n) is 4.90. The van der Waals surface area contributed by atoms with Crippen molar-refractivity contribution in [2.45, 2.75) is 58.2 Å². The molecule has 1 saturated carbocycles. The van der Waals surface area contributed by atoms with Gasteiger partial charge in [0.05, 0.1) is 11.5 Å². The summed E-state index contributed by atoms with van der Waals surface area (Å²) in [4.78, 5) is 42.8. The van der Waals surface area contributed by atoms with Crippen LogP contribution in [0.15, 0.2) is 16.7 Å². The number of hydrogen-bond acceptors (Lipinski definition) is 5. The molecule has 1 aromatic heterocycles. The van der Waals surface area contributed by atoms with Crippen molar-refractivity contribution in [1.29, 1.82) is 0 Å². The second kappa shape index (κ2) is 6.47. The molecule has 2 heterocycles. The smallest absolute Gasteiger partial charge is 0.411 e. The quantitative estimate of drug-likeness (QED) is 0.700. The lowest BCUT2D eigenvalue weighted by Crippen LogP contribution is -2.47. The lowest BCUT2D eigenvalue weighted by atomic mass is 9.99. The molecule has 0 aromatic carbocycles. The molecule has 2 amide bonds. The lowest BCUT2D eigenvalue weighted by Gasteiger charge is -2.29. The van der Waals surface area contributed by atoms with E-state index in [0.717, 1.165) is 5.56 Å². The molecule has 2 fully saturated rings. The zero-order valence-corrected chi connectivity index (χ0v) is 17.2. The molecule has 0 unspecified atom stereocenters. The minimum Gasteiger partial charge on any atom is -0.481 e. The predicted molar refractivity (Wildman–Crippen MR) is 100 cm³/mol. The molecule has 0 radical (unpaired) electrons. The molecule has 0 bridgehead atoms. The number of likely N-dealkylation sites (tertiary alicyclic amines) is 1. The minimum atomic E-state index is -1.07. The van der Waals surface area contributed by atoms with Gasteiger partial charge >= 0.3 is 12.1 Å². The monoisotopic (exact) mass is 439 g/mol. The van der Waals surface area contributed by atoms with E-state index >= 15 is 0 Å². The number of halogens is 1. The van der Waals surface area contributed by atoms with E-state index in [-0.39, 0.29) is 6.42 Å². The Kier molecular flexibility index (Phi) is 4.70. The van der Waals surface area contributed by atoms with Crippen molar-refractivity contribution in [3.8, 4) is 0 Å². The molecule has 1 aliphatic heterocycles. The maximum absolute atomic E-state index is 12.9. The Hall–Kier alpha value is -2.16. The number of pyridine rings is 1. The molecule has 2 N–H and O–H groups in total. The summed E-state index contributed by atoms with van der Waals surface area (Å²) in [7, 11) is 0. The van der Waals surface area contributed by atoms with Crippen LogP contribution in [0.2, 0.25) is 0 Å². The summed E-state index contributed by atoms with van der Waals surface area (Å²) < 4.78 is 5.97. The molecular weight excluding hydrogens is 418 g/mol. The molecule has 8 nitrogen and oxygen atoms in total. The van der Waals surface area contributed by atoms with Gasteiger partial charge < -0.3 is 15.2 Å². The van der Waals surface area contributed by atoms with E-state index in [1.54, 1.807) is 39.8 Å². The van der Waals surface area contributed by atoms with Crippen LogP contribution >= 0.6 is 15.9 Å². The van der Waals surface area contributed by atoms with Gasteiger partial charge in [-0.05, 0) is 68.1 Å². The number of piperidine rings is 1. The number of fused-ring (bicyclic) bond motifs is 1. The summed E-state index contributed by atoms with van der Waals surface area (Å²) in [5, 5.41) is 12.3. The van der Waals surface area contributed by atoms with Crippen LogP contribution < -0.4 is 5.32 Å². The van der Waals surface area contributed by atoms with Gasteiger partial charge in [-0.25, -0.2) is 9.78 Å². The topological polar surface area (TPSA) is 109 Å². The van der Waals surface area contributed by atoms with Gasteiger partial charge in [0.15, 0.2) is 0 Å². The van der Waals surface area contributed by atoms with Crippen LogP contribution in [0.3, 0.4) is 0 Å². The minimum absolute atomic E-state index is 0.0606. The molecule has 2 aliphatic rings. The first-order valence-corrected chi connectivity index (χ1v) is 9.43. The summed E-state index contributed by atoms with van der Waals surface area (Å²) in [5.41, 5.74) is -1.06. The van der Waals surface area contributed by atoms with Gasteiger partial charge in [0, 0.05) is 0 Å². The highest BCUT2D eigenvalue weighted by molar-refractivity contribution is 9.10. The highest BCUT2D eigenvalue weighted by atomic mass is 79.9. The van der Waals surface area contributed by atoms with Crippen LogP contribution in [0.4, 0.5) is 10.6 Å². The highest BCUT2D eigenvalue weighted by Crippen LogP contribution is 2.60. The number of nitrogens with one attached hydrogen (secondary N) is 1. The van der Waals surface area contributed by atoms with E-state index in [0.29, 0.717) is 16.8 Å². The van der Waals surface area contributed by atoms with Gasteiger partial charge in [0.1, 0.15) is 22.1 Å². The molecule has 9 heteroatoms. The standard InChI is InChI=1S/C18H22BrN3O5/c1-9-5-6-12(19)20-13(9)21-14(23)10-7-18(15(24)25)8-11(18)22(10)16(26)27-17(2,3)4/h5-6,10-11H,7-8H2,1-4H3,(H,24,25)(H,20,21,23)/t10-,11+,18+/m0/s1. The Morgan fingerprint density at radius 1 is 1.33 bits per heavy atom. The van der Waals surface area contributed by atoms with E-state index in [1.165, 1.54) is 4.90 Å². The van der Waals surface area contributed by atoms with Crippen LogP contribution in [0.1, 0.15) is 39.2 Å². The van der Waals surface area contributed by atoms with Crippen molar-refractivity contribution in [2.24, 2.45) is 5.41 Å². The molecule has 3 atom stereocenters. The fraction of sp³-hybridized carbons (Fsp3) is 0.556. The molecule has 1 aromatic rings. The zero-order chi connectivity index (χ0) is 20.1. The van der Waals surface area contributed by atoms with E-state index < -0.39 is 41.1 Å². The van der Waals surface area contributed by atoms with E-state index in [1.807, 2.05) is 0 Å². The Morgan fingerprint density at radius 2 is 2.00 bits per heavy atom. The first-order valence-electron chi connectivity index (χ1n) is 8.63. The summed E-state index contributed by atoms with van der Waals surface area (Å²) >= 11 is 3.26. The van der Waals surface area contributed by atoms with Gasteiger partial charge in [-0.15, -0.1) is 0 Å². The molecule has 1 aliphatic carbocycles. The number of rotatable bonds is 3. The maximum atomic E-state index is 12.9. The van der Waals surface area contributed by atoms with Crippen molar-refractivity contribution >= 4 is 39.7 Å². The number of hydrogen-bond donors (Lipinski definition) is 2. The van der Waals surface area contributed by atoms with Gasteiger partial charge in [-0.3, -0.25) is 14.5 Å². The first kappa shape index (κ1) is 19.6. The zero-order valence-electron chi connectivity index (χ0n) is 15.6. The number of amides is 2. The number of aliphatic carboxylic acids is 1. The third-order valence-corrected chi connectivity index (χ3v) is 5.34. The maximum Gasteiger partial charge on any atom is 0.411 e. The van der Waals surface area contributed by atoms with E-state index in [9.17, 15) is 19.5 Å². The lowest BCUT2D eigenvalue weighted by molar-refractivity contribution is -0.143. The van der Waals surface area contributed by atoms with Crippen molar-refractivity contribution in [3.05, 3.63) is 22.3 Å². The summed E-state index contributed by atoms with van der Waals surface area (Å²) in [6, 6.07) is 2.10. The summed E-state index contributed by atoms with van der Waals surface area (Å²) in [6.45, 7) is 6.97. The van der Waals surface area contributed by atoms with Crippen molar-refractivity contribution in [1.82, 2.24) is 9.88 Å². The average molecular weight is 440 g/mol. The average Bonchev–Trinajstić information content (AvgIpc) is 3.15. The number of anilines is 1. The molecular formula is C18H22BrN3O5. The number of carboxylic acids is 1. The van der Waals surface area contributed by atoms with Gasteiger partial charge in [0.25, 0.3) is 0 Å². The fourth-order valence-electron chi connectivity index (χ4n) is 3.47. The molecule has 0 spiro atoms. The number of carbonyl (C=O) groups excluding carboxylic acids is 2.